The Morgan fingerprint density at radius 1 is 1.38 bits per heavy atom. The van der Waals surface area contributed by atoms with Crippen molar-refractivity contribution in [2.24, 2.45) is 0 Å². The van der Waals surface area contributed by atoms with E-state index in [9.17, 15) is 14.4 Å². The van der Waals surface area contributed by atoms with E-state index in [1.165, 1.54) is 24.3 Å². The largest absolute Gasteiger partial charge is 0.449 e. The summed E-state index contributed by atoms with van der Waals surface area (Å²) >= 11 is 7.43. The zero-order valence-corrected chi connectivity index (χ0v) is 16.3. The number of urea groups is 1. The molecule has 0 aliphatic rings. The van der Waals surface area contributed by atoms with Crippen molar-refractivity contribution in [1.82, 2.24) is 20.0 Å². The van der Waals surface area contributed by atoms with Crippen LogP contribution in [0, 0.1) is 0 Å². The molecule has 1 atom stereocenters. The molecular formula is C16H19ClN4O4S. The van der Waals surface area contributed by atoms with E-state index in [4.69, 9.17) is 16.3 Å². The van der Waals surface area contributed by atoms with E-state index in [0.29, 0.717) is 10.7 Å². The molecule has 2 aromatic rings. The number of nitrogens with zero attached hydrogens (tertiary/aromatic N) is 2. The molecule has 0 aliphatic carbocycles. The molecule has 10 heteroatoms. The molecule has 2 aromatic heterocycles. The van der Waals surface area contributed by atoms with Crippen LogP contribution in [-0.4, -0.2) is 38.9 Å². The monoisotopic (exact) mass is 398 g/mol. The standard InChI is InChI=1S/C16H19ClN4O4S/c1-9(13(23)19-14(24)20-16(2,3)4)25-11(22)6-5-10-12(17)18-15-21(10)7-8-26-15/h5-9H,1-4H3,(H2,19,20,23,24)/b6-5-/t9-/m1/s1. The number of nitrogens with one attached hydrogen (secondary N) is 2. The Labute approximate surface area is 159 Å². The van der Waals surface area contributed by atoms with Gasteiger partial charge < -0.3 is 10.1 Å². The van der Waals surface area contributed by atoms with Crippen LogP contribution in [0.25, 0.3) is 11.0 Å². The number of thiazole rings is 1. The van der Waals surface area contributed by atoms with Crippen LogP contribution in [-0.2, 0) is 14.3 Å². The van der Waals surface area contributed by atoms with Gasteiger partial charge in [0.2, 0.25) is 0 Å². The fraction of sp³-hybridized carbons (Fsp3) is 0.375. The summed E-state index contributed by atoms with van der Waals surface area (Å²) in [7, 11) is 0. The van der Waals surface area contributed by atoms with Gasteiger partial charge in [0.25, 0.3) is 5.91 Å². The highest BCUT2D eigenvalue weighted by atomic mass is 35.5. The Morgan fingerprint density at radius 2 is 2.08 bits per heavy atom. The van der Waals surface area contributed by atoms with Crippen LogP contribution in [0.15, 0.2) is 17.7 Å². The minimum Gasteiger partial charge on any atom is -0.449 e. The molecule has 140 valence electrons. The van der Waals surface area contributed by atoms with Crippen molar-refractivity contribution >= 4 is 51.9 Å². The minimum atomic E-state index is -1.14. The van der Waals surface area contributed by atoms with Crippen molar-refractivity contribution < 1.29 is 19.1 Å². The van der Waals surface area contributed by atoms with E-state index in [2.05, 4.69) is 15.6 Å². The molecule has 2 heterocycles. The zero-order chi connectivity index (χ0) is 19.5. The quantitative estimate of drug-likeness (QED) is 0.608. The fourth-order valence-corrected chi connectivity index (χ4v) is 2.93. The van der Waals surface area contributed by atoms with Crippen LogP contribution in [0.1, 0.15) is 33.4 Å². The molecule has 0 saturated carbocycles. The molecule has 2 N–H and O–H groups in total. The third-order valence-electron chi connectivity index (χ3n) is 3.02. The van der Waals surface area contributed by atoms with Crippen LogP contribution in [0.5, 0.6) is 0 Å². The fourth-order valence-electron chi connectivity index (χ4n) is 1.93. The lowest BCUT2D eigenvalue weighted by Gasteiger charge is -2.21. The Morgan fingerprint density at radius 3 is 2.73 bits per heavy atom. The number of ether oxygens (including phenoxy) is 1. The Balaban J connectivity index is 1.92. The SMILES string of the molecule is C[C@@H](OC(=O)/C=C\c1c(Cl)nc2sccn12)C(=O)NC(=O)NC(C)(C)C. The second kappa shape index (κ2) is 7.88. The summed E-state index contributed by atoms with van der Waals surface area (Å²) in [6.45, 7) is 6.69. The first-order valence-electron chi connectivity index (χ1n) is 7.69. The maximum atomic E-state index is 11.9. The molecule has 3 amide bonds. The third kappa shape index (κ3) is 5.30. The molecular weight excluding hydrogens is 380 g/mol. The minimum absolute atomic E-state index is 0.255. The van der Waals surface area contributed by atoms with E-state index >= 15 is 0 Å². The number of amides is 3. The first kappa shape index (κ1) is 19.9. The summed E-state index contributed by atoms with van der Waals surface area (Å²) in [5.74, 6) is -1.47. The van der Waals surface area contributed by atoms with Gasteiger partial charge in [0.1, 0.15) is 0 Å². The first-order chi connectivity index (χ1) is 12.1. The predicted octanol–water partition coefficient (Wildman–Crippen LogP) is 2.62. The number of carbonyl (C=O) groups excluding carboxylic acids is 3. The highest BCUT2D eigenvalue weighted by Crippen LogP contribution is 2.22. The normalized spacial score (nSPS) is 13.0. The number of hydrogen-bond acceptors (Lipinski definition) is 6. The lowest BCUT2D eigenvalue weighted by Crippen LogP contribution is -2.50. The van der Waals surface area contributed by atoms with Crippen LogP contribution in [0.2, 0.25) is 5.15 Å². The van der Waals surface area contributed by atoms with Gasteiger partial charge in [-0.3, -0.25) is 14.5 Å². The van der Waals surface area contributed by atoms with Crippen molar-refractivity contribution in [2.45, 2.75) is 39.3 Å². The topological polar surface area (TPSA) is 102 Å². The molecule has 0 aromatic carbocycles. The van der Waals surface area contributed by atoms with Gasteiger partial charge in [-0.25, -0.2) is 14.6 Å². The van der Waals surface area contributed by atoms with E-state index in [1.807, 2.05) is 5.38 Å². The number of rotatable bonds is 4. The molecule has 26 heavy (non-hydrogen) atoms. The van der Waals surface area contributed by atoms with E-state index < -0.39 is 29.6 Å². The highest BCUT2D eigenvalue weighted by Gasteiger charge is 2.21. The van der Waals surface area contributed by atoms with Gasteiger partial charge in [-0.15, -0.1) is 11.3 Å². The maximum absolute atomic E-state index is 11.9. The lowest BCUT2D eigenvalue weighted by molar-refractivity contribution is -0.149. The number of carbonyl (C=O) groups is 3. The summed E-state index contributed by atoms with van der Waals surface area (Å²) in [4.78, 5) is 40.3. The van der Waals surface area contributed by atoms with Gasteiger partial charge in [0, 0.05) is 23.2 Å². The van der Waals surface area contributed by atoms with E-state index in [0.717, 1.165) is 6.08 Å². The smallest absolute Gasteiger partial charge is 0.331 e. The Bertz CT molecular complexity index is 865. The molecule has 0 spiro atoms. The lowest BCUT2D eigenvalue weighted by atomic mass is 10.1. The van der Waals surface area contributed by atoms with Crippen molar-refractivity contribution in [3.8, 4) is 0 Å². The van der Waals surface area contributed by atoms with Gasteiger partial charge in [-0.1, -0.05) is 11.6 Å². The van der Waals surface area contributed by atoms with Gasteiger partial charge in [0.15, 0.2) is 16.2 Å². The van der Waals surface area contributed by atoms with Crippen LogP contribution in [0.3, 0.4) is 0 Å². The first-order valence-corrected chi connectivity index (χ1v) is 8.95. The van der Waals surface area contributed by atoms with Crippen molar-refractivity contribution in [3.05, 3.63) is 28.5 Å². The summed E-state index contributed by atoms with van der Waals surface area (Å²) in [6, 6.07) is -0.660. The second-order valence-electron chi connectivity index (χ2n) is 6.45. The van der Waals surface area contributed by atoms with E-state index in [1.54, 1.807) is 31.4 Å². The van der Waals surface area contributed by atoms with Crippen LogP contribution < -0.4 is 10.6 Å². The molecule has 0 unspecified atom stereocenters. The summed E-state index contributed by atoms with van der Waals surface area (Å²) in [5, 5.41) is 6.78. The molecule has 8 nitrogen and oxygen atoms in total. The summed E-state index contributed by atoms with van der Waals surface area (Å²) < 4.78 is 6.71. The number of imidazole rings is 1. The summed E-state index contributed by atoms with van der Waals surface area (Å²) in [5.41, 5.74) is 0.0337. The van der Waals surface area contributed by atoms with Crippen molar-refractivity contribution in [1.29, 1.82) is 0 Å². The average Bonchev–Trinajstić information content (AvgIpc) is 3.03. The molecule has 0 aliphatic heterocycles. The second-order valence-corrected chi connectivity index (χ2v) is 7.68. The molecule has 0 fully saturated rings. The number of imide groups is 1. The third-order valence-corrected chi connectivity index (χ3v) is 4.05. The predicted molar refractivity (Wildman–Crippen MR) is 99.1 cm³/mol. The number of fused-ring (bicyclic) bond motifs is 1. The summed E-state index contributed by atoms with van der Waals surface area (Å²) in [6.07, 6.45) is 3.23. The Kier molecular flexibility index (Phi) is 6.04. The molecule has 2 rings (SSSR count). The number of hydrogen-bond donors (Lipinski definition) is 2. The number of aromatic nitrogens is 2. The molecule has 0 saturated heterocycles. The van der Waals surface area contributed by atoms with Crippen molar-refractivity contribution in [2.75, 3.05) is 0 Å². The van der Waals surface area contributed by atoms with E-state index in [-0.39, 0.29) is 5.15 Å². The van der Waals surface area contributed by atoms with Crippen molar-refractivity contribution in [3.63, 3.8) is 0 Å². The number of halogens is 1. The van der Waals surface area contributed by atoms with Gasteiger partial charge in [0.05, 0.1) is 5.69 Å². The highest BCUT2D eigenvalue weighted by molar-refractivity contribution is 7.15. The van der Waals surface area contributed by atoms with Gasteiger partial charge in [-0.2, -0.15) is 0 Å². The van der Waals surface area contributed by atoms with Crippen LogP contribution >= 0.6 is 22.9 Å². The van der Waals surface area contributed by atoms with Gasteiger partial charge in [-0.05, 0) is 33.8 Å². The average molecular weight is 399 g/mol. The van der Waals surface area contributed by atoms with Gasteiger partial charge >= 0.3 is 12.0 Å². The number of esters is 1. The van der Waals surface area contributed by atoms with Crippen LogP contribution in [0.4, 0.5) is 4.79 Å². The molecule has 0 radical (unpaired) electrons. The molecule has 0 bridgehead atoms. The maximum Gasteiger partial charge on any atom is 0.331 e. The Hall–Kier alpha value is -2.39. The zero-order valence-electron chi connectivity index (χ0n) is 14.7.